The van der Waals surface area contributed by atoms with E-state index in [-0.39, 0.29) is 5.91 Å². The van der Waals surface area contributed by atoms with E-state index in [1.165, 1.54) is 0 Å². The molecule has 3 N–H and O–H groups in total. The van der Waals surface area contributed by atoms with E-state index < -0.39 is 18.3 Å². The van der Waals surface area contributed by atoms with Crippen LogP contribution in [0.25, 0.3) is 0 Å². The zero-order valence-electron chi connectivity index (χ0n) is 12.6. The molecule has 6 heteroatoms. The summed E-state index contributed by atoms with van der Waals surface area (Å²) < 4.78 is 11.9. The normalized spacial score (nSPS) is 19.9. The maximum Gasteiger partial charge on any atom is 0.496 e. The molecule has 0 saturated carbocycles. The first kappa shape index (κ1) is 14.9. The van der Waals surface area contributed by atoms with Gasteiger partial charge in [0, 0.05) is 23.8 Å². The van der Waals surface area contributed by atoms with Crippen molar-refractivity contribution in [3.05, 3.63) is 23.8 Å². The number of benzene rings is 1. The van der Waals surface area contributed by atoms with Crippen molar-refractivity contribution in [2.75, 3.05) is 12.8 Å². The fraction of sp³-hybridized carbons (Fsp3) is 0.500. The molecule has 0 radical (unpaired) electrons. The third kappa shape index (κ3) is 2.41. The van der Waals surface area contributed by atoms with Gasteiger partial charge in [0.2, 0.25) is 0 Å². The van der Waals surface area contributed by atoms with Crippen molar-refractivity contribution in [1.29, 1.82) is 0 Å². The van der Waals surface area contributed by atoms with Crippen molar-refractivity contribution < 1.29 is 14.1 Å². The fourth-order valence-corrected chi connectivity index (χ4v) is 2.05. The smallest absolute Gasteiger partial charge is 0.399 e. The predicted molar refractivity (Wildman–Crippen MR) is 80.0 cm³/mol. The molecule has 1 aromatic rings. The monoisotopic (exact) mass is 276 g/mol. The minimum Gasteiger partial charge on any atom is -0.399 e. The van der Waals surface area contributed by atoms with Crippen molar-refractivity contribution in [2.45, 2.75) is 38.9 Å². The van der Waals surface area contributed by atoms with Crippen LogP contribution in [0.4, 0.5) is 5.69 Å². The topological polar surface area (TPSA) is 73.6 Å². The summed E-state index contributed by atoms with van der Waals surface area (Å²) in [5.41, 5.74) is 6.96. The molecule has 1 aliphatic rings. The lowest BCUT2D eigenvalue weighted by Gasteiger charge is -2.32. The van der Waals surface area contributed by atoms with Crippen LogP contribution in [-0.2, 0) is 9.31 Å². The summed E-state index contributed by atoms with van der Waals surface area (Å²) in [6, 6.07) is 5.14. The summed E-state index contributed by atoms with van der Waals surface area (Å²) in [4.78, 5) is 11.6. The predicted octanol–water partition coefficient (Wildman–Crippen LogP) is 0.928. The number of nitrogen functional groups attached to an aromatic ring is 1. The largest absolute Gasteiger partial charge is 0.496 e. The number of nitrogens with two attached hydrogens (primary N) is 1. The average Bonchev–Trinajstić information content (AvgIpc) is 2.57. The van der Waals surface area contributed by atoms with Crippen LogP contribution in [0.1, 0.15) is 38.1 Å². The second kappa shape index (κ2) is 4.79. The summed E-state index contributed by atoms with van der Waals surface area (Å²) in [6.07, 6.45) is 0. The highest BCUT2D eigenvalue weighted by Gasteiger charge is 2.52. The van der Waals surface area contributed by atoms with Crippen molar-refractivity contribution in [3.63, 3.8) is 0 Å². The van der Waals surface area contributed by atoms with Gasteiger partial charge in [-0.15, -0.1) is 0 Å². The zero-order valence-corrected chi connectivity index (χ0v) is 12.6. The maximum absolute atomic E-state index is 11.6. The molecule has 5 nitrogen and oxygen atoms in total. The molecule has 108 valence electrons. The number of rotatable bonds is 2. The van der Waals surface area contributed by atoms with E-state index in [0.29, 0.717) is 11.3 Å². The summed E-state index contributed by atoms with van der Waals surface area (Å²) in [5, 5.41) is 2.57. The third-order valence-electron chi connectivity index (χ3n) is 4.08. The van der Waals surface area contributed by atoms with E-state index in [2.05, 4.69) is 5.32 Å². The molecule has 0 atom stereocenters. The van der Waals surface area contributed by atoms with Gasteiger partial charge in [-0.25, -0.2) is 0 Å². The van der Waals surface area contributed by atoms with Gasteiger partial charge in [-0.2, -0.15) is 0 Å². The van der Waals surface area contributed by atoms with Crippen LogP contribution >= 0.6 is 0 Å². The highest BCUT2D eigenvalue weighted by Crippen LogP contribution is 2.36. The zero-order chi connectivity index (χ0) is 15.1. The van der Waals surface area contributed by atoms with Gasteiger partial charge in [0.1, 0.15) is 0 Å². The van der Waals surface area contributed by atoms with Gasteiger partial charge in [0.15, 0.2) is 0 Å². The van der Waals surface area contributed by atoms with E-state index in [9.17, 15) is 4.79 Å². The van der Waals surface area contributed by atoms with Gasteiger partial charge >= 0.3 is 7.12 Å². The molecule has 1 saturated heterocycles. The Morgan fingerprint density at radius 3 is 2.20 bits per heavy atom. The van der Waals surface area contributed by atoms with Gasteiger partial charge < -0.3 is 20.4 Å². The first-order chi connectivity index (χ1) is 9.18. The molecule has 1 heterocycles. The molecule has 1 aromatic carbocycles. The van der Waals surface area contributed by atoms with E-state index >= 15 is 0 Å². The Hall–Kier alpha value is -1.53. The highest BCUT2D eigenvalue weighted by molar-refractivity contribution is 6.63. The summed E-state index contributed by atoms with van der Waals surface area (Å²) >= 11 is 0. The molecular weight excluding hydrogens is 255 g/mol. The molecule has 1 fully saturated rings. The van der Waals surface area contributed by atoms with E-state index in [4.69, 9.17) is 15.0 Å². The first-order valence-corrected chi connectivity index (χ1v) is 6.65. The van der Waals surface area contributed by atoms with Crippen molar-refractivity contribution in [2.24, 2.45) is 0 Å². The van der Waals surface area contributed by atoms with Crippen molar-refractivity contribution in [1.82, 2.24) is 5.32 Å². The van der Waals surface area contributed by atoms with Crippen molar-refractivity contribution >= 4 is 24.2 Å². The molecule has 0 aromatic heterocycles. The standard InChI is InChI=1S/C14H21BN2O3/c1-13(2)14(3,4)20-15(19-13)10-7-6-9(8-11(10)16)12(18)17-5/h6-8H,16H2,1-5H3,(H,17,18). The number of anilines is 1. The van der Waals surface area contributed by atoms with Crippen LogP contribution in [0.2, 0.25) is 0 Å². The number of carbonyl (C=O) groups excluding carboxylic acids is 1. The lowest BCUT2D eigenvalue weighted by atomic mass is 9.77. The number of nitrogens with one attached hydrogen (secondary N) is 1. The molecule has 0 aliphatic carbocycles. The Labute approximate surface area is 120 Å². The van der Waals surface area contributed by atoms with E-state index in [0.717, 1.165) is 5.46 Å². The van der Waals surface area contributed by atoms with Gasteiger partial charge in [0.25, 0.3) is 5.91 Å². The summed E-state index contributed by atoms with van der Waals surface area (Å²) in [5.74, 6) is -0.169. The Kier molecular flexibility index (Phi) is 3.56. The maximum atomic E-state index is 11.6. The fourth-order valence-electron chi connectivity index (χ4n) is 2.05. The van der Waals surface area contributed by atoms with Crippen LogP contribution in [0.15, 0.2) is 18.2 Å². The van der Waals surface area contributed by atoms with E-state index in [1.807, 2.05) is 27.7 Å². The van der Waals surface area contributed by atoms with Gasteiger partial charge in [0.05, 0.1) is 11.2 Å². The van der Waals surface area contributed by atoms with E-state index in [1.54, 1.807) is 25.2 Å². The van der Waals surface area contributed by atoms with Crippen LogP contribution in [0, 0.1) is 0 Å². The Balaban J connectivity index is 2.30. The molecule has 1 aliphatic heterocycles. The lowest BCUT2D eigenvalue weighted by Crippen LogP contribution is -2.41. The van der Waals surface area contributed by atoms with Gasteiger partial charge in [-0.1, -0.05) is 6.07 Å². The van der Waals surface area contributed by atoms with Gasteiger partial charge in [-0.05, 0) is 39.8 Å². The van der Waals surface area contributed by atoms with Crippen molar-refractivity contribution in [3.8, 4) is 0 Å². The van der Waals surface area contributed by atoms with Crippen LogP contribution in [0.3, 0.4) is 0 Å². The van der Waals surface area contributed by atoms with Crippen LogP contribution in [0.5, 0.6) is 0 Å². The Morgan fingerprint density at radius 2 is 1.75 bits per heavy atom. The summed E-state index contributed by atoms with van der Waals surface area (Å²) in [7, 11) is 1.07. The number of hydrogen-bond acceptors (Lipinski definition) is 4. The molecule has 2 rings (SSSR count). The van der Waals surface area contributed by atoms with Crippen LogP contribution in [-0.4, -0.2) is 31.3 Å². The average molecular weight is 276 g/mol. The van der Waals surface area contributed by atoms with Gasteiger partial charge in [-0.3, -0.25) is 4.79 Å². The molecule has 0 bridgehead atoms. The minimum atomic E-state index is -0.515. The number of carbonyl (C=O) groups is 1. The molecule has 20 heavy (non-hydrogen) atoms. The highest BCUT2D eigenvalue weighted by atomic mass is 16.7. The third-order valence-corrected chi connectivity index (χ3v) is 4.08. The first-order valence-electron chi connectivity index (χ1n) is 6.65. The quantitative estimate of drug-likeness (QED) is 0.622. The van der Waals surface area contributed by atoms with Crippen LogP contribution < -0.4 is 16.5 Å². The Morgan fingerprint density at radius 1 is 1.20 bits per heavy atom. The number of amides is 1. The molecule has 0 spiro atoms. The molecule has 0 unspecified atom stereocenters. The Bertz CT molecular complexity index is 527. The second-order valence-corrected chi connectivity index (χ2v) is 6.01. The summed E-state index contributed by atoms with van der Waals surface area (Å²) in [6.45, 7) is 7.95. The number of hydrogen-bond donors (Lipinski definition) is 2. The molecule has 1 amide bonds. The second-order valence-electron chi connectivity index (χ2n) is 6.01. The lowest BCUT2D eigenvalue weighted by molar-refractivity contribution is 0.00578. The minimum absolute atomic E-state index is 0.169. The SMILES string of the molecule is CNC(=O)c1ccc(B2OC(C)(C)C(C)(C)O2)c(N)c1. The molecular formula is C14H21BN2O3.